The smallest absolute Gasteiger partial charge is 0.328 e. The minimum absolute atomic E-state index is 0.121. The molecular formula is C12H17N3O2. The van der Waals surface area contributed by atoms with Gasteiger partial charge in [-0.2, -0.15) is 0 Å². The molecule has 0 saturated carbocycles. The van der Waals surface area contributed by atoms with Gasteiger partial charge in [0.25, 0.3) is 0 Å². The van der Waals surface area contributed by atoms with Gasteiger partial charge in [0.1, 0.15) is 5.75 Å². The monoisotopic (exact) mass is 235 g/mol. The van der Waals surface area contributed by atoms with Crippen molar-refractivity contribution in [2.45, 2.75) is 25.9 Å². The molecule has 0 atom stereocenters. The summed E-state index contributed by atoms with van der Waals surface area (Å²) in [7, 11) is 1.71. The molecule has 0 aliphatic carbocycles. The third kappa shape index (κ3) is 2.06. The van der Waals surface area contributed by atoms with Crippen molar-refractivity contribution in [3.05, 3.63) is 28.7 Å². The highest BCUT2D eigenvalue weighted by atomic mass is 16.3. The number of nitrogens with two attached hydrogens (primary N) is 1. The predicted octanol–water partition coefficient (Wildman–Crippen LogP) is 0.783. The third-order valence-electron chi connectivity index (χ3n) is 2.69. The Labute approximate surface area is 99.1 Å². The number of aryl methyl sites for hydroxylation is 1. The number of benzene rings is 1. The van der Waals surface area contributed by atoms with Crippen LogP contribution in [-0.4, -0.2) is 19.8 Å². The van der Waals surface area contributed by atoms with E-state index in [2.05, 4.69) is 0 Å². The number of nitrogens with zero attached hydrogens (tertiary/aromatic N) is 2. The number of phenols is 1. The molecule has 0 saturated heterocycles. The van der Waals surface area contributed by atoms with Crippen LogP contribution in [0, 0.1) is 0 Å². The Kier molecular flexibility index (Phi) is 2.50. The van der Waals surface area contributed by atoms with Gasteiger partial charge in [0.05, 0.1) is 11.0 Å². The normalized spacial score (nSPS) is 12.2. The molecule has 1 aromatic heterocycles. The fourth-order valence-electron chi connectivity index (χ4n) is 1.96. The highest BCUT2D eigenvalue weighted by molar-refractivity contribution is 5.77. The zero-order valence-electron chi connectivity index (χ0n) is 10.3. The summed E-state index contributed by atoms with van der Waals surface area (Å²) in [4.78, 5) is 12.1. The Morgan fingerprint density at radius 2 is 2.00 bits per heavy atom. The number of aromatic nitrogens is 2. The standard InChI is InChI=1S/C12H17N3O2/c1-12(2,13)7-15-10-6-8(16)4-5-9(10)14(3)11(15)17/h4-6,16H,7,13H2,1-3H3. The summed E-state index contributed by atoms with van der Waals surface area (Å²) in [6.07, 6.45) is 0. The summed E-state index contributed by atoms with van der Waals surface area (Å²) in [5, 5.41) is 9.50. The van der Waals surface area contributed by atoms with Crippen molar-refractivity contribution in [3.63, 3.8) is 0 Å². The average Bonchev–Trinajstić information content (AvgIpc) is 2.42. The van der Waals surface area contributed by atoms with Gasteiger partial charge in [-0.3, -0.25) is 9.13 Å². The number of hydrogen-bond donors (Lipinski definition) is 2. The van der Waals surface area contributed by atoms with E-state index in [1.807, 2.05) is 13.8 Å². The first-order valence-corrected chi connectivity index (χ1v) is 5.47. The van der Waals surface area contributed by atoms with Crippen molar-refractivity contribution in [2.24, 2.45) is 12.8 Å². The van der Waals surface area contributed by atoms with Gasteiger partial charge in [-0.25, -0.2) is 4.79 Å². The molecule has 0 amide bonds. The molecule has 2 aromatic rings. The molecule has 0 radical (unpaired) electrons. The average molecular weight is 235 g/mol. The second-order valence-corrected chi connectivity index (χ2v) is 5.09. The largest absolute Gasteiger partial charge is 0.508 e. The molecule has 0 spiro atoms. The van der Waals surface area contributed by atoms with E-state index in [4.69, 9.17) is 5.73 Å². The molecule has 1 aromatic carbocycles. The van der Waals surface area contributed by atoms with E-state index in [0.29, 0.717) is 12.1 Å². The molecule has 0 aliphatic rings. The first-order chi connectivity index (χ1) is 7.79. The van der Waals surface area contributed by atoms with Gasteiger partial charge in [-0.05, 0) is 26.0 Å². The van der Waals surface area contributed by atoms with Gasteiger partial charge in [-0.15, -0.1) is 0 Å². The summed E-state index contributed by atoms with van der Waals surface area (Å²) < 4.78 is 3.15. The Balaban J connectivity index is 2.73. The maximum atomic E-state index is 12.1. The van der Waals surface area contributed by atoms with Crippen LogP contribution in [0.1, 0.15) is 13.8 Å². The summed E-state index contributed by atoms with van der Waals surface area (Å²) in [6.45, 7) is 4.13. The minimum Gasteiger partial charge on any atom is -0.508 e. The molecule has 2 rings (SSSR count). The van der Waals surface area contributed by atoms with Crippen LogP contribution in [-0.2, 0) is 13.6 Å². The highest BCUT2D eigenvalue weighted by Gasteiger charge is 2.17. The highest BCUT2D eigenvalue weighted by Crippen LogP contribution is 2.19. The van der Waals surface area contributed by atoms with E-state index in [-0.39, 0.29) is 11.4 Å². The van der Waals surface area contributed by atoms with Crippen LogP contribution in [0.15, 0.2) is 23.0 Å². The van der Waals surface area contributed by atoms with Gasteiger partial charge < -0.3 is 10.8 Å². The number of aromatic hydroxyl groups is 1. The Morgan fingerprint density at radius 1 is 1.35 bits per heavy atom. The van der Waals surface area contributed by atoms with Crippen LogP contribution >= 0.6 is 0 Å². The molecular weight excluding hydrogens is 218 g/mol. The van der Waals surface area contributed by atoms with Gasteiger partial charge in [-0.1, -0.05) is 0 Å². The lowest BCUT2D eigenvalue weighted by molar-refractivity contribution is 0.430. The van der Waals surface area contributed by atoms with E-state index >= 15 is 0 Å². The van der Waals surface area contributed by atoms with Crippen molar-refractivity contribution >= 4 is 11.0 Å². The number of rotatable bonds is 2. The molecule has 17 heavy (non-hydrogen) atoms. The fraction of sp³-hybridized carbons (Fsp3) is 0.417. The minimum atomic E-state index is -0.483. The molecule has 92 valence electrons. The third-order valence-corrected chi connectivity index (χ3v) is 2.69. The number of imidazole rings is 1. The summed E-state index contributed by atoms with van der Waals surface area (Å²) in [5.74, 6) is 0.145. The van der Waals surface area contributed by atoms with Gasteiger partial charge in [0.15, 0.2) is 0 Å². The van der Waals surface area contributed by atoms with Crippen LogP contribution in [0.25, 0.3) is 11.0 Å². The second-order valence-electron chi connectivity index (χ2n) is 5.09. The number of fused-ring (bicyclic) bond motifs is 1. The van der Waals surface area contributed by atoms with Crippen molar-refractivity contribution in [3.8, 4) is 5.75 Å². The van der Waals surface area contributed by atoms with Crippen molar-refractivity contribution in [1.29, 1.82) is 0 Å². The Morgan fingerprint density at radius 3 is 2.59 bits per heavy atom. The maximum absolute atomic E-state index is 12.1. The maximum Gasteiger partial charge on any atom is 0.328 e. The summed E-state index contributed by atoms with van der Waals surface area (Å²) in [5.41, 5.74) is 6.83. The Bertz CT molecular complexity index is 617. The van der Waals surface area contributed by atoms with Gasteiger partial charge in [0, 0.05) is 25.2 Å². The van der Waals surface area contributed by atoms with Crippen LogP contribution < -0.4 is 11.4 Å². The van der Waals surface area contributed by atoms with Crippen molar-refractivity contribution in [1.82, 2.24) is 9.13 Å². The number of hydrogen-bond acceptors (Lipinski definition) is 3. The molecule has 0 fully saturated rings. The fourth-order valence-corrected chi connectivity index (χ4v) is 1.96. The van der Waals surface area contributed by atoms with Crippen LogP contribution in [0.5, 0.6) is 5.75 Å². The lowest BCUT2D eigenvalue weighted by atomic mass is 10.1. The molecule has 0 unspecified atom stereocenters. The van der Waals surface area contributed by atoms with Gasteiger partial charge >= 0.3 is 5.69 Å². The van der Waals surface area contributed by atoms with Crippen LogP contribution in [0.2, 0.25) is 0 Å². The summed E-state index contributed by atoms with van der Waals surface area (Å²) in [6, 6.07) is 4.88. The summed E-state index contributed by atoms with van der Waals surface area (Å²) >= 11 is 0. The van der Waals surface area contributed by atoms with E-state index < -0.39 is 5.54 Å². The van der Waals surface area contributed by atoms with Crippen molar-refractivity contribution in [2.75, 3.05) is 0 Å². The predicted molar refractivity (Wildman–Crippen MR) is 67.1 cm³/mol. The van der Waals surface area contributed by atoms with E-state index in [9.17, 15) is 9.90 Å². The zero-order chi connectivity index (χ0) is 12.8. The van der Waals surface area contributed by atoms with Crippen LogP contribution in [0.3, 0.4) is 0 Å². The SMILES string of the molecule is Cn1c(=O)n(CC(C)(C)N)c2cc(O)ccc21. The van der Waals surface area contributed by atoms with Gasteiger partial charge in [0.2, 0.25) is 0 Å². The van der Waals surface area contributed by atoms with Crippen LogP contribution in [0.4, 0.5) is 0 Å². The van der Waals surface area contributed by atoms with Crippen molar-refractivity contribution < 1.29 is 5.11 Å². The molecule has 0 aliphatic heterocycles. The lowest BCUT2D eigenvalue weighted by Gasteiger charge is -2.18. The first-order valence-electron chi connectivity index (χ1n) is 5.47. The molecule has 5 nitrogen and oxygen atoms in total. The molecule has 1 heterocycles. The molecule has 3 N–H and O–H groups in total. The zero-order valence-corrected chi connectivity index (χ0v) is 10.3. The van der Waals surface area contributed by atoms with E-state index in [0.717, 1.165) is 5.52 Å². The number of phenolic OH excluding ortho intramolecular Hbond substituents is 1. The molecule has 5 heteroatoms. The topological polar surface area (TPSA) is 73.2 Å². The first kappa shape index (κ1) is 11.7. The quantitative estimate of drug-likeness (QED) is 0.808. The Hall–Kier alpha value is -1.75. The second kappa shape index (κ2) is 3.63. The molecule has 0 bridgehead atoms. The van der Waals surface area contributed by atoms with E-state index in [1.54, 1.807) is 34.4 Å². The lowest BCUT2D eigenvalue weighted by Crippen LogP contribution is -2.40. The van der Waals surface area contributed by atoms with E-state index in [1.165, 1.54) is 0 Å².